The van der Waals surface area contributed by atoms with Crippen LogP contribution >= 0.6 is 15.9 Å². The van der Waals surface area contributed by atoms with Gasteiger partial charge < -0.3 is 24.9 Å². The van der Waals surface area contributed by atoms with Gasteiger partial charge >= 0.3 is 6.09 Å². The number of alkyl carbamates (subject to hydrolysis) is 1. The van der Waals surface area contributed by atoms with Crippen LogP contribution in [-0.2, 0) is 22.4 Å². The van der Waals surface area contributed by atoms with Crippen molar-refractivity contribution >= 4 is 38.9 Å². The fourth-order valence-corrected chi connectivity index (χ4v) is 6.82. The van der Waals surface area contributed by atoms with E-state index < -0.39 is 23.6 Å². The van der Waals surface area contributed by atoms with E-state index in [1.54, 1.807) is 6.92 Å². The van der Waals surface area contributed by atoms with Crippen LogP contribution in [0.25, 0.3) is 11.0 Å². The van der Waals surface area contributed by atoms with Gasteiger partial charge in [0.05, 0.1) is 12.6 Å². The predicted octanol–water partition coefficient (Wildman–Crippen LogP) is 6.24. The standard InChI is InChI=1S/C31H37BrN2O5.CH2/c1-31(18-25-24-12-5-6-13-27(24)38-28(25)32,29(36)33-23(19-35)17-20-8-3-2-4-9-20)34-30(37)39-26-15-14-21-10-7-11-22(26)16-21;/h2-6,8-9,12-13,21-23,26,35H,7,10-11,14-19H2,1H3,(H,33,36)(H,34,37);1H2. The topological polar surface area (TPSA) is 101 Å². The van der Waals surface area contributed by atoms with E-state index in [0.29, 0.717) is 22.6 Å². The van der Waals surface area contributed by atoms with Gasteiger partial charge in [-0.25, -0.2) is 4.79 Å². The molecule has 1 aromatic heterocycles. The number of nitrogens with one attached hydrogen (secondary N) is 2. The summed E-state index contributed by atoms with van der Waals surface area (Å²) in [4.78, 5) is 27.2. The van der Waals surface area contributed by atoms with Gasteiger partial charge in [0.1, 0.15) is 17.2 Å². The zero-order valence-corrected chi connectivity index (χ0v) is 24.6. The lowest BCUT2D eigenvalue weighted by molar-refractivity contribution is -0.128. The highest BCUT2D eigenvalue weighted by Gasteiger charge is 2.41. The highest BCUT2D eigenvalue weighted by Crippen LogP contribution is 2.41. The molecule has 214 valence electrons. The van der Waals surface area contributed by atoms with Gasteiger partial charge in [-0.2, -0.15) is 0 Å². The first kappa shape index (κ1) is 30.1. The van der Waals surface area contributed by atoms with Crippen molar-refractivity contribution in [2.24, 2.45) is 11.8 Å². The molecule has 3 N–H and O–H groups in total. The smallest absolute Gasteiger partial charge is 0.408 e. The highest BCUT2D eigenvalue weighted by atomic mass is 79.9. The molecule has 2 aromatic carbocycles. The number of aliphatic hydroxyl groups excluding tert-OH is 1. The quantitative estimate of drug-likeness (QED) is 0.266. The normalized spacial score (nSPS) is 22.4. The Labute approximate surface area is 245 Å². The highest BCUT2D eigenvalue weighted by molar-refractivity contribution is 9.10. The molecule has 0 saturated heterocycles. The summed E-state index contributed by atoms with van der Waals surface area (Å²) in [5.41, 5.74) is 1.11. The van der Waals surface area contributed by atoms with Gasteiger partial charge in [0.25, 0.3) is 0 Å². The van der Waals surface area contributed by atoms with Crippen LogP contribution in [0.15, 0.2) is 63.7 Å². The number of fused-ring (bicyclic) bond motifs is 3. The van der Waals surface area contributed by atoms with Gasteiger partial charge in [-0.1, -0.05) is 68.8 Å². The lowest BCUT2D eigenvalue weighted by Gasteiger charge is -2.40. The number of aliphatic hydroxyl groups is 1. The zero-order chi connectivity index (χ0) is 27.4. The van der Waals surface area contributed by atoms with Crippen molar-refractivity contribution in [3.8, 4) is 0 Å². The minimum Gasteiger partial charge on any atom is -0.449 e. The van der Waals surface area contributed by atoms with Crippen LogP contribution in [0.2, 0.25) is 0 Å². The minimum atomic E-state index is -1.36. The Hall–Kier alpha value is -2.84. The van der Waals surface area contributed by atoms with Crippen molar-refractivity contribution in [2.45, 2.75) is 76.0 Å². The second-order valence-corrected chi connectivity index (χ2v) is 12.1. The average molecular weight is 612 g/mol. The van der Waals surface area contributed by atoms with E-state index in [-0.39, 0.29) is 26.6 Å². The predicted molar refractivity (Wildman–Crippen MR) is 159 cm³/mol. The molecule has 0 aliphatic heterocycles. The molecular weight excluding hydrogens is 572 g/mol. The van der Waals surface area contributed by atoms with Crippen LogP contribution < -0.4 is 10.6 Å². The van der Waals surface area contributed by atoms with Crippen LogP contribution in [0.3, 0.4) is 0 Å². The molecule has 7 nitrogen and oxygen atoms in total. The van der Waals surface area contributed by atoms with Gasteiger partial charge in [0.2, 0.25) is 5.91 Å². The van der Waals surface area contributed by atoms with Crippen molar-refractivity contribution in [1.29, 1.82) is 0 Å². The number of benzene rings is 2. The molecule has 2 saturated carbocycles. The lowest BCUT2D eigenvalue weighted by atomic mass is 9.71. The van der Waals surface area contributed by atoms with Gasteiger partial charge in [0, 0.05) is 17.4 Å². The van der Waals surface area contributed by atoms with Crippen molar-refractivity contribution < 1.29 is 23.8 Å². The molecule has 2 amide bonds. The number of hydrogen-bond donors (Lipinski definition) is 3. The fourth-order valence-electron chi connectivity index (χ4n) is 6.29. The van der Waals surface area contributed by atoms with Crippen LogP contribution in [0.1, 0.15) is 56.6 Å². The molecule has 5 atom stereocenters. The Balaban J connectivity index is 0.00000370. The summed E-state index contributed by atoms with van der Waals surface area (Å²) in [6.07, 6.45) is 6.52. The van der Waals surface area contributed by atoms with E-state index in [1.165, 1.54) is 12.8 Å². The molecule has 0 spiro atoms. The Morgan fingerprint density at radius 2 is 1.85 bits per heavy atom. The maximum absolute atomic E-state index is 13.9. The SMILES string of the molecule is CC(Cc1c(Br)oc2ccccc12)(NC(=O)OC1CCC2CCCC1C2)C(=O)NC(CO)Cc1ccccc1.[CH2]. The summed E-state index contributed by atoms with van der Waals surface area (Å²) in [5.74, 6) is 0.738. The largest absolute Gasteiger partial charge is 0.449 e. The first-order valence-electron chi connectivity index (χ1n) is 13.9. The van der Waals surface area contributed by atoms with Crippen LogP contribution in [0.4, 0.5) is 4.79 Å². The lowest BCUT2D eigenvalue weighted by Crippen LogP contribution is -2.61. The molecule has 40 heavy (non-hydrogen) atoms. The molecule has 5 rings (SSSR count). The molecule has 2 aliphatic rings. The third-order valence-corrected chi connectivity index (χ3v) is 9.05. The van der Waals surface area contributed by atoms with E-state index in [0.717, 1.165) is 48.1 Å². The minimum absolute atomic E-state index is 0. The van der Waals surface area contributed by atoms with Gasteiger partial charge in [-0.05, 0) is 78.4 Å². The molecule has 8 heteroatoms. The number of amides is 2. The van der Waals surface area contributed by atoms with E-state index >= 15 is 0 Å². The summed E-state index contributed by atoms with van der Waals surface area (Å²) in [6.45, 7) is 1.47. The van der Waals surface area contributed by atoms with Crippen molar-refractivity contribution in [1.82, 2.24) is 10.6 Å². The summed E-state index contributed by atoms with van der Waals surface area (Å²) >= 11 is 3.51. The molecule has 3 aromatic rings. The van der Waals surface area contributed by atoms with Crippen molar-refractivity contribution in [2.75, 3.05) is 6.61 Å². The third kappa shape index (κ3) is 6.89. The fraction of sp³-hybridized carbons (Fsp3) is 0.469. The first-order valence-corrected chi connectivity index (χ1v) is 14.7. The number of rotatable bonds is 9. The maximum atomic E-state index is 13.9. The maximum Gasteiger partial charge on any atom is 0.408 e. The van der Waals surface area contributed by atoms with E-state index in [2.05, 4.69) is 26.6 Å². The third-order valence-electron chi connectivity index (χ3n) is 8.41. The van der Waals surface area contributed by atoms with E-state index in [9.17, 15) is 14.7 Å². The van der Waals surface area contributed by atoms with Crippen molar-refractivity contribution in [3.63, 3.8) is 0 Å². The number of ether oxygens (including phenoxy) is 1. The van der Waals surface area contributed by atoms with Crippen molar-refractivity contribution in [3.05, 3.63) is 77.8 Å². The molecule has 2 aliphatic carbocycles. The van der Waals surface area contributed by atoms with Crippen LogP contribution in [-0.4, -0.2) is 41.4 Å². The Kier molecular flexibility index (Phi) is 9.95. The number of para-hydroxylation sites is 1. The average Bonchev–Trinajstić information content (AvgIpc) is 3.25. The molecule has 2 bridgehead atoms. The van der Waals surface area contributed by atoms with Crippen LogP contribution in [0.5, 0.6) is 0 Å². The van der Waals surface area contributed by atoms with Gasteiger partial charge in [0.15, 0.2) is 4.67 Å². The molecule has 5 unspecified atom stereocenters. The second-order valence-electron chi connectivity index (χ2n) is 11.3. The molecular formula is C32H39BrN2O5. The number of carbonyl (C=O) groups excluding carboxylic acids is 2. The summed E-state index contributed by atoms with van der Waals surface area (Å²) in [7, 11) is 0. The molecule has 2 radical (unpaired) electrons. The number of furan rings is 1. The van der Waals surface area contributed by atoms with E-state index in [4.69, 9.17) is 9.15 Å². The van der Waals surface area contributed by atoms with Gasteiger partial charge in [-0.15, -0.1) is 0 Å². The number of halogens is 1. The summed E-state index contributed by atoms with van der Waals surface area (Å²) < 4.78 is 12.4. The van der Waals surface area contributed by atoms with E-state index in [1.807, 2.05) is 54.6 Å². The first-order chi connectivity index (χ1) is 18.8. The molecule has 1 heterocycles. The summed E-state index contributed by atoms with van der Waals surface area (Å²) in [5, 5.41) is 16.8. The van der Waals surface area contributed by atoms with Crippen LogP contribution in [0, 0.1) is 19.3 Å². The monoisotopic (exact) mass is 610 g/mol. The second kappa shape index (κ2) is 13.2. The Morgan fingerprint density at radius 3 is 2.62 bits per heavy atom. The zero-order valence-electron chi connectivity index (χ0n) is 23.0. The number of hydrogen-bond acceptors (Lipinski definition) is 5. The van der Waals surface area contributed by atoms with Gasteiger partial charge in [-0.3, -0.25) is 4.79 Å². The number of carbonyl (C=O) groups is 2. The molecule has 2 fully saturated rings. The Bertz CT molecular complexity index is 1290. The Morgan fingerprint density at radius 1 is 1.10 bits per heavy atom. The summed E-state index contributed by atoms with van der Waals surface area (Å²) in [6, 6.07) is 16.8.